The van der Waals surface area contributed by atoms with E-state index in [1.165, 1.54) is 0 Å². The quantitative estimate of drug-likeness (QED) is 0.235. The normalized spacial score (nSPS) is 37.8. The summed E-state index contributed by atoms with van der Waals surface area (Å²) in [6, 6.07) is 0. The zero-order valence-electron chi connectivity index (χ0n) is 10.9. The summed E-state index contributed by atoms with van der Waals surface area (Å²) >= 11 is 0. The van der Waals surface area contributed by atoms with Crippen LogP contribution < -0.4 is 0 Å². The molecule has 0 bridgehead atoms. The van der Waals surface area contributed by atoms with Crippen molar-refractivity contribution >= 4 is 5.78 Å². The van der Waals surface area contributed by atoms with Gasteiger partial charge in [-0.1, -0.05) is 0 Å². The molecule has 1 aliphatic rings. The highest BCUT2D eigenvalue weighted by molar-refractivity contribution is 5.88. The van der Waals surface area contributed by atoms with Gasteiger partial charge < -0.3 is 45.6 Å². The van der Waals surface area contributed by atoms with Gasteiger partial charge in [-0.15, -0.1) is 0 Å². The molecule has 0 radical (unpaired) electrons. The lowest BCUT2D eigenvalue weighted by molar-refractivity contribution is -0.230. The van der Waals surface area contributed by atoms with E-state index in [9.17, 15) is 30.3 Å². The lowest BCUT2D eigenvalue weighted by atomic mass is 9.90. The molecule has 0 aliphatic carbocycles. The molecule has 0 saturated carbocycles. The van der Waals surface area contributed by atoms with E-state index in [-0.39, 0.29) is 0 Å². The molecule has 3 unspecified atom stereocenters. The summed E-state index contributed by atoms with van der Waals surface area (Å²) < 4.78 is 4.90. The number of aliphatic hydroxyl groups is 8. The second-order valence-electron chi connectivity index (χ2n) is 4.84. The second-order valence-corrected chi connectivity index (χ2v) is 4.84. The van der Waals surface area contributed by atoms with Crippen molar-refractivity contribution in [3.8, 4) is 0 Å². The number of Topliss-reactive ketones (excluding diaryl/α,β-unsaturated/α-hetero) is 1. The standard InChI is InChI=1S/C11H20O10/c12-1-3(14)5(15)7(17)9(19)11-10(20)8(18)6(16)4(2-13)21-11/h3-8,10-18,20H,1-2H2/t3?,4-,5?,6-,7?,8+,10-,11-/m1/s1. The van der Waals surface area contributed by atoms with Gasteiger partial charge in [-0.25, -0.2) is 0 Å². The fourth-order valence-electron chi connectivity index (χ4n) is 1.99. The molecule has 1 saturated heterocycles. The smallest absolute Gasteiger partial charge is 0.195 e. The van der Waals surface area contributed by atoms with E-state index in [4.69, 9.17) is 20.1 Å². The Kier molecular flexibility index (Phi) is 6.59. The van der Waals surface area contributed by atoms with Crippen molar-refractivity contribution in [3.05, 3.63) is 0 Å². The maximum atomic E-state index is 11.9. The van der Waals surface area contributed by atoms with Crippen molar-refractivity contribution in [1.29, 1.82) is 0 Å². The molecule has 124 valence electrons. The van der Waals surface area contributed by atoms with Gasteiger partial charge in [0.05, 0.1) is 13.2 Å². The number of hydrogen-bond acceptors (Lipinski definition) is 10. The maximum absolute atomic E-state index is 11.9. The Balaban J connectivity index is 2.85. The summed E-state index contributed by atoms with van der Waals surface area (Å²) in [7, 11) is 0. The van der Waals surface area contributed by atoms with Crippen LogP contribution >= 0.6 is 0 Å². The summed E-state index contributed by atoms with van der Waals surface area (Å²) in [5, 5.41) is 74.5. The predicted molar refractivity (Wildman–Crippen MR) is 63.9 cm³/mol. The van der Waals surface area contributed by atoms with Gasteiger partial charge in [0.25, 0.3) is 0 Å². The van der Waals surface area contributed by atoms with Gasteiger partial charge in [0.2, 0.25) is 0 Å². The van der Waals surface area contributed by atoms with E-state index in [1.54, 1.807) is 0 Å². The number of carbonyl (C=O) groups excluding carboxylic acids is 1. The topological polar surface area (TPSA) is 188 Å². The average Bonchev–Trinajstić information content (AvgIpc) is 2.50. The predicted octanol–water partition coefficient (Wildman–Crippen LogP) is -5.53. The van der Waals surface area contributed by atoms with E-state index in [2.05, 4.69) is 0 Å². The molecule has 1 rings (SSSR count). The first-order valence-electron chi connectivity index (χ1n) is 6.25. The minimum atomic E-state index is -2.20. The minimum Gasteiger partial charge on any atom is -0.394 e. The van der Waals surface area contributed by atoms with Crippen LogP contribution in [0.4, 0.5) is 0 Å². The highest BCUT2D eigenvalue weighted by Gasteiger charge is 2.48. The van der Waals surface area contributed by atoms with Gasteiger partial charge in [-0.3, -0.25) is 4.79 Å². The van der Waals surface area contributed by atoms with Crippen molar-refractivity contribution in [2.75, 3.05) is 13.2 Å². The molecule has 10 nitrogen and oxygen atoms in total. The SMILES string of the molecule is O=C(C(O)C(O)C(O)CO)[C@H]1O[C@H](CO)[C@@H](O)[C@H](O)[C@H]1O. The number of rotatable bonds is 6. The molecule has 1 aliphatic heterocycles. The van der Waals surface area contributed by atoms with Crippen LogP contribution in [-0.4, -0.2) is 109 Å². The van der Waals surface area contributed by atoms with Gasteiger partial charge in [-0.05, 0) is 0 Å². The highest BCUT2D eigenvalue weighted by atomic mass is 16.5. The zero-order chi connectivity index (χ0) is 16.3. The van der Waals surface area contributed by atoms with Crippen molar-refractivity contribution in [2.24, 2.45) is 0 Å². The molecule has 0 aromatic carbocycles. The number of hydrogen-bond donors (Lipinski definition) is 8. The summed E-state index contributed by atoms with van der Waals surface area (Å²) in [6.45, 7) is -1.67. The lowest BCUT2D eigenvalue weighted by Crippen LogP contribution is -2.63. The molecule has 0 amide bonds. The van der Waals surface area contributed by atoms with Crippen LogP contribution in [0.2, 0.25) is 0 Å². The zero-order valence-corrected chi connectivity index (χ0v) is 10.9. The molecular formula is C11H20O10. The van der Waals surface area contributed by atoms with Gasteiger partial charge in [-0.2, -0.15) is 0 Å². The van der Waals surface area contributed by atoms with E-state index in [0.29, 0.717) is 0 Å². The van der Waals surface area contributed by atoms with Crippen LogP contribution in [-0.2, 0) is 9.53 Å². The Morgan fingerprint density at radius 2 is 1.57 bits per heavy atom. The third-order valence-corrected chi connectivity index (χ3v) is 3.37. The Hall–Kier alpha value is -0.690. The molecular weight excluding hydrogens is 292 g/mol. The molecule has 21 heavy (non-hydrogen) atoms. The van der Waals surface area contributed by atoms with Crippen LogP contribution in [0, 0.1) is 0 Å². The minimum absolute atomic E-state index is 0.757. The summed E-state index contributed by atoms with van der Waals surface area (Å²) in [4.78, 5) is 11.9. The fraction of sp³-hybridized carbons (Fsp3) is 0.909. The molecule has 0 aromatic rings. The third-order valence-electron chi connectivity index (χ3n) is 3.37. The van der Waals surface area contributed by atoms with E-state index in [0.717, 1.165) is 0 Å². The van der Waals surface area contributed by atoms with E-state index < -0.39 is 67.8 Å². The van der Waals surface area contributed by atoms with E-state index >= 15 is 0 Å². The van der Waals surface area contributed by atoms with Crippen LogP contribution in [0.5, 0.6) is 0 Å². The Bertz CT molecular complexity index is 348. The van der Waals surface area contributed by atoms with Crippen LogP contribution in [0.1, 0.15) is 0 Å². The summed E-state index contributed by atoms with van der Waals surface area (Å²) in [5.74, 6) is -1.27. The van der Waals surface area contributed by atoms with Crippen molar-refractivity contribution in [2.45, 2.75) is 48.8 Å². The summed E-state index contributed by atoms with van der Waals surface area (Å²) in [6.07, 6.45) is -14.6. The second kappa shape index (κ2) is 7.54. The molecule has 8 atom stereocenters. The Morgan fingerprint density at radius 1 is 1.00 bits per heavy atom. The number of aliphatic hydroxyl groups excluding tert-OH is 8. The monoisotopic (exact) mass is 312 g/mol. The first-order chi connectivity index (χ1) is 9.76. The van der Waals surface area contributed by atoms with Crippen LogP contribution in [0.3, 0.4) is 0 Å². The first kappa shape index (κ1) is 18.4. The van der Waals surface area contributed by atoms with Crippen LogP contribution in [0.25, 0.3) is 0 Å². The van der Waals surface area contributed by atoms with Crippen molar-refractivity contribution < 1.29 is 50.4 Å². The molecule has 0 spiro atoms. The van der Waals surface area contributed by atoms with Crippen molar-refractivity contribution in [1.82, 2.24) is 0 Å². The molecule has 8 N–H and O–H groups in total. The molecule has 1 heterocycles. The van der Waals surface area contributed by atoms with Gasteiger partial charge >= 0.3 is 0 Å². The average molecular weight is 312 g/mol. The van der Waals surface area contributed by atoms with E-state index in [1.807, 2.05) is 0 Å². The third kappa shape index (κ3) is 3.74. The van der Waals surface area contributed by atoms with Crippen molar-refractivity contribution in [3.63, 3.8) is 0 Å². The molecule has 0 aromatic heterocycles. The van der Waals surface area contributed by atoms with Gasteiger partial charge in [0.15, 0.2) is 5.78 Å². The Labute approximate surface area is 119 Å². The summed E-state index contributed by atoms with van der Waals surface area (Å²) in [5.41, 5.74) is 0. The fourth-order valence-corrected chi connectivity index (χ4v) is 1.99. The Morgan fingerprint density at radius 3 is 2.05 bits per heavy atom. The molecule has 1 fully saturated rings. The molecule has 10 heteroatoms. The number of carbonyl (C=O) groups is 1. The first-order valence-corrected chi connectivity index (χ1v) is 6.25. The number of ether oxygens (including phenoxy) is 1. The highest BCUT2D eigenvalue weighted by Crippen LogP contribution is 2.23. The van der Waals surface area contributed by atoms with Gasteiger partial charge in [0.1, 0.15) is 48.8 Å². The maximum Gasteiger partial charge on any atom is 0.195 e. The van der Waals surface area contributed by atoms with Crippen LogP contribution in [0.15, 0.2) is 0 Å². The number of ketones is 1. The van der Waals surface area contributed by atoms with Gasteiger partial charge in [0, 0.05) is 0 Å². The largest absolute Gasteiger partial charge is 0.394 e. The lowest BCUT2D eigenvalue weighted by Gasteiger charge is -2.40.